The SMILES string of the molecule is CNC(=O)COc1cc2cc(Nc3nc(N4CCC(OC5CC(N6CCC(c7ccc8c(c7)C(=O)N([C@@H]7CCC(=O)NC7=O)C8=O)CC6)C5)CC4)ncc3Cl)ccc2n(C(C)C)c1=O. The first-order valence-electron chi connectivity index (χ1n) is 22.2. The van der Waals surface area contributed by atoms with Gasteiger partial charge in [0.2, 0.25) is 17.8 Å². The Bertz CT molecular complexity index is 2580. The molecular formula is C46H52ClN9O8. The van der Waals surface area contributed by atoms with Crippen LogP contribution >= 0.6 is 11.6 Å². The molecule has 4 fully saturated rings. The van der Waals surface area contributed by atoms with Crippen molar-refractivity contribution in [1.82, 2.24) is 35.0 Å². The molecule has 3 N–H and O–H groups in total. The molecule has 64 heavy (non-hydrogen) atoms. The second-order valence-corrected chi connectivity index (χ2v) is 18.0. The lowest BCUT2D eigenvalue weighted by Gasteiger charge is -2.47. The third kappa shape index (κ3) is 8.55. The van der Waals surface area contributed by atoms with E-state index in [0.717, 1.165) is 86.1 Å². The van der Waals surface area contributed by atoms with Crippen LogP contribution in [0.1, 0.15) is 103 Å². The third-order valence-corrected chi connectivity index (χ3v) is 13.6. The average Bonchev–Trinajstić information content (AvgIpc) is 3.52. The van der Waals surface area contributed by atoms with Gasteiger partial charge in [0.1, 0.15) is 11.1 Å². The number of ether oxygens (including phenoxy) is 2. The standard InChI is InChI=1S/C46H52ClN9O8/c1-25(2)55-36-7-5-29(18-28(36)20-38(45(55)62)63-24-40(58)48-3)50-41-35(47)23-49-46(52-41)54-16-12-31(13-17-54)64-32-21-30(22-32)53-14-10-26(11-15-53)27-4-6-33-34(19-27)44(61)56(43(33)60)37-8-9-39(57)51-42(37)59/h4-7,18-20,23,25-26,30-32,37H,8-17,21-22,24H2,1-3H3,(H,48,58)(H,49,50,52)(H,51,57,59)/t30?,32?,37-/m1/s1. The molecule has 336 valence electrons. The number of fused-ring (bicyclic) bond motifs is 2. The number of amides is 5. The van der Waals surface area contributed by atoms with Crippen LogP contribution in [0.2, 0.25) is 5.02 Å². The van der Waals surface area contributed by atoms with Gasteiger partial charge in [-0.2, -0.15) is 4.98 Å². The lowest BCUT2D eigenvalue weighted by atomic mass is 9.83. The zero-order valence-electron chi connectivity index (χ0n) is 36.1. The molecule has 5 aliphatic rings. The largest absolute Gasteiger partial charge is 0.478 e. The summed E-state index contributed by atoms with van der Waals surface area (Å²) in [5.74, 6) is -0.893. The number of carbonyl (C=O) groups excluding carboxylic acids is 5. The van der Waals surface area contributed by atoms with Gasteiger partial charge < -0.3 is 34.5 Å². The fourth-order valence-corrected chi connectivity index (χ4v) is 9.85. The lowest BCUT2D eigenvalue weighted by Crippen LogP contribution is -2.54. The van der Waals surface area contributed by atoms with Gasteiger partial charge in [-0.25, -0.2) is 4.98 Å². The van der Waals surface area contributed by atoms with Gasteiger partial charge in [0.25, 0.3) is 23.3 Å². The molecule has 1 atom stereocenters. The molecule has 4 aliphatic heterocycles. The summed E-state index contributed by atoms with van der Waals surface area (Å²) in [6, 6.07) is 12.1. The molecular weight excluding hydrogens is 842 g/mol. The van der Waals surface area contributed by atoms with Crippen molar-refractivity contribution in [2.45, 2.75) is 101 Å². The van der Waals surface area contributed by atoms with E-state index < -0.39 is 29.7 Å². The Balaban J connectivity index is 0.745. The average molecular weight is 894 g/mol. The van der Waals surface area contributed by atoms with Crippen molar-refractivity contribution in [2.24, 2.45) is 0 Å². The number of pyridine rings is 1. The Morgan fingerprint density at radius 3 is 2.38 bits per heavy atom. The molecule has 18 heteroatoms. The molecule has 0 bridgehead atoms. The van der Waals surface area contributed by atoms with Crippen molar-refractivity contribution < 1.29 is 33.4 Å². The highest BCUT2D eigenvalue weighted by Gasteiger charge is 2.45. The number of likely N-dealkylation sites (N-methyl/N-ethyl adjacent to an activating group) is 1. The second kappa shape index (κ2) is 17.9. The van der Waals surface area contributed by atoms with Gasteiger partial charge in [-0.05, 0) is 120 Å². The van der Waals surface area contributed by atoms with E-state index in [1.165, 1.54) is 7.05 Å². The van der Waals surface area contributed by atoms with Crippen LogP contribution in [0.5, 0.6) is 5.75 Å². The van der Waals surface area contributed by atoms with E-state index in [1.54, 1.807) is 22.9 Å². The smallest absolute Gasteiger partial charge is 0.293 e. The number of carbonyl (C=O) groups is 5. The highest BCUT2D eigenvalue weighted by molar-refractivity contribution is 6.33. The fourth-order valence-electron chi connectivity index (χ4n) is 9.72. The number of aromatic nitrogens is 3. The van der Waals surface area contributed by atoms with Gasteiger partial charge in [-0.15, -0.1) is 0 Å². The van der Waals surface area contributed by atoms with Crippen molar-refractivity contribution in [3.05, 3.63) is 80.7 Å². The Kier molecular flexibility index (Phi) is 12.1. The minimum atomic E-state index is -0.970. The van der Waals surface area contributed by atoms with E-state index in [2.05, 4.69) is 30.7 Å². The number of piperidine rings is 3. The molecule has 2 aromatic carbocycles. The minimum Gasteiger partial charge on any atom is -0.478 e. The summed E-state index contributed by atoms with van der Waals surface area (Å²) in [7, 11) is 1.51. The summed E-state index contributed by atoms with van der Waals surface area (Å²) in [4.78, 5) is 90.8. The Labute approximate surface area is 374 Å². The molecule has 4 aromatic rings. The van der Waals surface area contributed by atoms with Crippen LogP contribution in [0.25, 0.3) is 10.9 Å². The van der Waals surface area contributed by atoms with Crippen LogP contribution in [-0.4, -0.2) is 118 Å². The van der Waals surface area contributed by atoms with Crippen LogP contribution in [0, 0.1) is 0 Å². The molecule has 0 spiro atoms. The van der Waals surface area contributed by atoms with Gasteiger partial charge in [-0.3, -0.25) is 39.0 Å². The summed E-state index contributed by atoms with van der Waals surface area (Å²) in [6.07, 6.45) is 7.82. The summed E-state index contributed by atoms with van der Waals surface area (Å²) >= 11 is 6.59. The van der Waals surface area contributed by atoms with Gasteiger partial charge in [0.15, 0.2) is 18.2 Å². The van der Waals surface area contributed by atoms with Gasteiger partial charge in [-0.1, -0.05) is 17.7 Å². The van der Waals surface area contributed by atoms with E-state index in [0.29, 0.717) is 39.6 Å². The maximum atomic E-state index is 13.4. The van der Waals surface area contributed by atoms with Crippen molar-refractivity contribution in [3.63, 3.8) is 0 Å². The minimum absolute atomic E-state index is 0.0873. The number of nitrogens with one attached hydrogen (secondary N) is 3. The molecule has 1 aliphatic carbocycles. The summed E-state index contributed by atoms with van der Waals surface area (Å²) < 4.78 is 13.9. The predicted octanol–water partition coefficient (Wildman–Crippen LogP) is 4.69. The Hall–Kier alpha value is -5.91. The molecule has 0 radical (unpaired) electrons. The third-order valence-electron chi connectivity index (χ3n) is 13.3. The topological polar surface area (TPSA) is 197 Å². The maximum absolute atomic E-state index is 13.4. The van der Waals surface area contributed by atoms with Gasteiger partial charge >= 0.3 is 0 Å². The van der Waals surface area contributed by atoms with Crippen LogP contribution in [0.3, 0.4) is 0 Å². The van der Waals surface area contributed by atoms with E-state index in [1.807, 2.05) is 44.2 Å². The van der Waals surface area contributed by atoms with Crippen LogP contribution < -0.4 is 31.1 Å². The Morgan fingerprint density at radius 2 is 1.66 bits per heavy atom. The first kappa shape index (κ1) is 43.3. The van der Waals surface area contributed by atoms with Crippen molar-refractivity contribution >= 4 is 69.5 Å². The number of halogens is 1. The molecule has 3 saturated heterocycles. The van der Waals surface area contributed by atoms with Gasteiger partial charge in [0.05, 0.1) is 35.0 Å². The molecule has 1 saturated carbocycles. The highest BCUT2D eigenvalue weighted by atomic mass is 35.5. The van der Waals surface area contributed by atoms with Crippen molar-refractivity contribution in [3.8, 4) is 5.75 Å². The molecule has 2 aromatic heterocycles. The summed E-state index contributed by atoms with van der Waals surface area (Å²) in [6.45, 7) is 6.95. The Morgan fingerprint density at radius 1 is 0.906 bits per heavy atom. The van der Waals surface area contributed by atoms with Crippen LogP contribution in [0.4, 0.5) is 17.5 Å². The lowest BCUT2D eigenvalue weighted by molar-refractivity contribution is -0.136. The second-order valence-electron chi connectivity index (χ2n) is 17.6. The normalized spacial score (nSPS) is 22.2. The van der Waals surface area contributed by atoms with Crippen LogP contribution in [-0.2, 0) is 19.1 Å². The van der Waals surface area contributed by atoms with E-state index in [4.69, 9.17) is 26.1 Å². The molecule has 17 nitrogen and oxygen atoms in total. The number of benzene rings is 2. The van der Waals surface area contributed by atoms with Crippen LogP contribution in [0.15, 0.2) is 53.5 Å². The number of hydrogen-bond acceptors (Lipinski definition) is 13. The first-order valence-corrected chi connectivity index (χ1v) is 22.5. The predicted molar refractivity (Wildman–Crippen MR) is 238 cm³/mol. The first-order chi connectivity index (χ1) is 30.8. The molecule has 6 heterocycles. The quantitative estimate of drug-likeness (QED) is 0.166. The maximum Gasteiger partial charge on any atom is 0.293 e. The molecule has 9 rings (SSSR count). The van der Waals surface area contributed by atoms with E-state index in [9.17, 15) is 28.8 Å². The van der Waals surface area contributed by atoms with E-state index in [-0.39, 0.29) is 60.8 Å². The number of anilines is 3. The van der Waals surface area contributed by atoms with E-state index >= 15 is 0 Å². The van der Waals surface area contributed by atoms with Crippen molar-refractivity contribution in [1.29, 1.82) is 0 Å². The number of nitrogens with zero attached hydrogens (tertiary/aromatic N) is 6. The molecule has 5 amide bonds. The monoisotopic (exact) mass is 893 g/mol. The fraction of sp³-hybridized carbons (Fsp3) is 0.478. The number of imide groups is 2. The highest BCUT2D eigenvalue weighted by Crippen LogP contribution is 2.38. The number of likely N-dealkylation sites (tertiary alicyclic amines) is 1. The number of rotatable bonds is 12. The zero-order valence-corrected chi connectivity index (χ0v) is 36.9. The number of hydrogen-bond donors (Lipinski definition) is 3. The van der Waals surface area contributed by atoms with Crippen molar-refractivity contribution in [2.75, 3.05) is 50.1 Å². The van der Waals surface area contributed by atoms with Gasteiger partial charge in [0, 0.05) is 49.7 Å². The zero-order chi connectivity index (χ0) is 44.8. The molecule has 0 unspecified atom stereocenters. The summed E-state index contributed by atoms with van der Waals surface area (Å²) in [5.41, 5.74) is 2.81. The summed E-state index contributed by atoms with van der Waals surface area (Å²) in [5, 5.41) is 9.19.